The fourth-order valence-electron chi connectivity index (χ4n) is 6.47. The third-order valence-electron chi connectivity index (χ3n) is 7.45. The van der Waals surface area contributed by atoms with Gasteiger partial charge in [0.2, 0.25) is 0 Å². The predicted octanol–water partition coefficient (Wildman–Crippen LogP) is 5.36. The van der Waals surface area contributed by atoms with E-state index in [0.29, 0.717) is 11.8 Å². The van der Waals surface area contributed by atoms with E-state index in [9.17, 15) is 0 Å². The summed E-state index contributed by atoms with van der Waals surface area (Å²) in [5, 5.41) is 0. The first-order valence-electron chi connectivity index (χ1n) is 10.7. The van der Waals surface area contributed by atoms with Gasteiger partial charge in [-0.25, -0.2) is 0 Å². The maximum Gasteiger partial charge on any atom is 0.145 e. The molecule has 2 aliphatic carbocycles. The second kappa shape index (κ2) is 5.97. The van der Waals surface area contributed by atoms with Gasteiger partial charge in [-0.05, 0) is 48.8 Å². The number of aryl methyl sites for hydroxylation is 1. The Balaban J connectivity index is 1.62. The summed E-state index contributed by atoms with van der Waals surface area (Å²) in [5.74, 6) is 1.09. The van der Waals surface area contributed by atoms with E-state index in [4.69, 9.17) is 4.74 Å². The first-order chi connectivity index (χ1) is 13.4. The number of fused-ring (bicyclic) bond motifs is 3. The number of hydrogen-bond donors (Lipinski definition) is 0. The van der Waals surface area contributed by atoms with Crippen LogP contribution in [0.15, 0.2) is 60.2 Å². The molecule has 27 heavy (non-hydrogen) atoms. The second-order valence-electron chi connectivity index (χ2n) is 8.62. The second-order valence-corrected chi connectivity index (χ2v) is 8.62. The molecule has 6 rings (SSSR count). The molecule has 0 bridgehead atoms. The minimum absolute atomic E-state index is 0.0813. The molecule has 2 aromatic carbocycles. The third-order valence-corrected chi connectivity index (χ3v) is 7.45. The minimum Gasteiger partial charge on any atom is -0.353 e. The van der Waals surface area contributed by atoms with E-state index in [1.165, 1.54) is 60.9 Å². The molecule has 3 atom stereocenters. The fourth-order valence-corrected chi connectivity index (χ4v) is 6.47. The number of allylic oxidation sites excluding steroid dienone is 1. The van der Waals surface area contributed by atoms with Crippen molar-refractivity contribution >= 4 is 5.70 Å². The molecule has 1 saturated heterocycles. The van der Waals surface area contributed by atoms with Gasteiger partial charge in [-0.2, -0.15) is 0 Å². The molecule has 0 radical (unpaired) electrons. The van der Waals surface area contributed by atoms with E-state index in [1.54, 1.807) is 5.57 Å². The Labute approximate surface area is 161 Å². The SMILES string of the molecule is c1ccc([C@H]2C3=C(c4ccccc4CC3)N3CCO[C@]34CCCC[C@@H]24)cc1. The average Bonchev–Trinajstić information content (AvgIpc) is 3.15. The van der Waals surface area contributed by atoms with Crippen molar-refractivity contribution in [2.24, 2.45) is 5.92 Å². The maximum atomic E-state index is 6.66. The number of benzene rings is 2. The number of rotatable bonds is 1. The van der Waals surface area contributed by atoms with E-state index in [1.807, 2.05) is 0 Å². The van der Waals surface area contributed by atoms with E-state index in [-0.39, 0.29) is 5.72 Å². The topological polar surface area (TPSA) is 12.5 Å². The molecule has 4 aliphatic rings. The summed E-state index contributed by atoms with van der Waals surface area (Å²) in [4.78, 5) is 2.70. The van der Waals surface area contributed by atoms with Crippen LogP contribution in [0, 0.1) is 5.92 Å². The van der Waals surface area contributed by atoms with Crippen LogP contribution in [0.2, 0.25) is 0 Å². The zero-order valence-electron chi connectivity index (χ0n) is 15.9. The van der Waals surface area contributed by atoms with Gasteiger partial charge >= 0.3 is 0 Å². The van der Waals surface area contributed by atoms with Crippen molar-refractivity contribution in [3.05, 3.63) is 76.9 Å². The largest absolute Gasteiger partial charge is 0.353 e. The van der Waals surface area contributed by atoms with Gasteiger partial charge < -0.3 is 9.64 Å². The fraction of sp³-hybridized carbons (Fsp3) is 0.440. The molecule has 138 valence electrons. The first kappa shape index (κ1) is 15.9. The molecule has 1 spiro atoms. The van der Waals surface area contributed by atoms with Crippen molar-refractivity contribution in [2.75, 3.05) is 13.2 Å². The highest BCUT2D eigenvalue weighted by Crippen LogP contribution is 2.59. The van der Waals surface area contributed by atoms with E-state index in [0.717, 1.165) is 13.2 Å². The molecule has 2 aliphatic heterocycles. The smallest absolute Gasteiger partial charge is 0.145 e. The molecule has 2 nitrogen and oxygen atoms in total. The number of nitrogens with zero attached hydrogens (tertiary/aromatic N) is 1. The summed E-state index contributed by atoms with van der Waals surface area (Å²) in [5.41, 5.74) is 7.58. The number of hydrogen-bond acceptors (Lipinski definition) is 2. The summed E-state index contributed by atoms with van der Waals surface area (Å²) in [6.07, 6.45) is 7.46. The zero-order valence-corrected chi connectivity index (χ0v) is 15.9. The lowest BCUT2D eigenvalue weighted by atomic mass is 9.63. The van der Waals surface area contributed by atoms with Gasteiger partial charge in [-0.3, -0.25) is 0 Å². The van der Waals surface area contributed by atoms with Crippen LogP contribution in [0.3, 0.4) is 0 Å². The quantitative estimate of drug-likeness (QED) is 0.681. The Bertz CT molecular complexity index is 902. The van der Waals surface area contributed by atoms with Crippen LogP contribution in [0.1, 0.15) is 54.7 Å². The Morgan fingerprint density at radius 3 is 2.70 bits per heavy atom. The molecule has 2 aromatic rings. The molecule has 2 heterocycles. The van der Waals surface area contributed by atoms with Gasteiger partial charge in [0.1, 0.15) is 5.72 Å². The van der Waals surface area contributed by atoms with E-state index >= 15 is 0 Å². The van der Waals surface area contributed by atoms with Gasteiger partial charge in [-0.1, -0.05) is 61.0 Å². The lowest BCUT2D eigenvalue weighted by Crippen LogP contribution is -2.57. The van der Waals surface area contributed by atoms with Crippen molar-refractivity contribution in [1.82, 2.24) is 4.90 Å². The van der Waals surface area contributed by atoms with Crippen LogP contribution in [-0.4, -0.2) is 23.8 Å². The molecule has 2 heteroatoms. The van der Waals surface area contributed by atoms with Crippen LogP contribution in [-0.2, 0) is 11.2 Å². The maximum absolute atomic E-state index is 6.66. The standard InChI is InChI=1S/C25H27NO/c1-2-9-19(10-3-1)23-21-14-13-18-8-4-5-11-20(18)24(21)26-16-17-27-25(26)15-7-6-12-22(23)25/h1-5,8-11,22-23H,6-7,12-17H2/t22-,23-,25-/m0/s1. The normalized spacial score (nSPS) is 31.8. The van der Waals surface area contributed by atoms with Crippen molar-refractivity contribution in [1.29, 1.82) is 0 Å². The zero-order chi connectivity index (χ0) is 17.8. The minimum atomic E-state index is -0.0813. The van der Waals surface area contributed by atoms with Gasteiger partial charge in [0.25, 0.3) is 0 Å². The van der Waals surface area contributed by atoms with Crippen molar-refractivity contribution in [3.63, 3.8) is 0 Å². The molecule has 0 aromatic heterocycles. The Morgan fingerprint density at radius 2 is 1.78 bits per heavy atom. The summed E-state index contributed by atoms with van der Waals surface area (Å²) in [6, 6.07) is 20.4. The highest BCUT2D eigenvalue weighted by molar-refractivity contribution is 5.75. The van der Waals surface area contributed by atoms with Crippen LogP contribution < -0.4 is 0 Å². The molecule has 0 amide bonds. The van der Waals surface area contributed by atoms with Crippen LogP contribution in [0.5, 0.6) is 0 Å². The highest BCUT2D eigenvalue weighted by Gasteiger charge is 2.57. The third kappa shape index (κ3) is 2.17. The Morgan fingerprint density at radius 1 is 0.926 bits per heavy atom. The van der Waals surface area contributed by atoms with Crippen LogP contribution in [0.4, 0.5) is 0 Å². The van der Waals surface area contributed by atoms with Crippen LogP contribution in [0.25, 0.3) is 5.70 Å². The lowest BCUT2D eigenvalue weighted by molar-refractivity contribution is -0.138. The monoisotopic (exact) mass is 357 g/mol. The van der Waals surface area contributed by atoms with E-state index < -0.39 is 0 Å². The Hall–Kier alpha value is -2.06. The van der Waals surface area contributed by atoms with Gasteiger partial charge in [-0.15, -0.1) is 0 Å². The van der Waals surface area contributed by atoms with E-state index in [2.05, 4.69) is 59.5 Å². The molecular formula is C25H27NO. The lowest BCUT2D eigenvalue weighted by Gasteiger charge is -2.56. The molecule has 0 unspecified atom stereocenters. The molecule has 1 saturated carbocycles. The summed E-state index contributed by atoms with van der Waals surface area (Å²) in [7, 11) is 0. The van der Waals surface area contributed by atoms with Crippen molar-refractivity contribution in [3.8, 4) is 0 Å². The van der Waals surface area contributed by atoms with Crippen LogP contribution >= 0.6 is 0 Å². The first-order valence-corrected chi connectivity index (χ1v) is 10.7. The van der Waals surface area contributed by atoms with Gasteiger partial charge in [0.15, 0.2) is 0 Å². The molecular weight excluding hydrogens is 330 g/mol. The molecule has 2 fully saturated rings. The van der Waals surface area contributed by atoms with Gasteiger partial charge in [0, 0.05) is 29.6 Å². The summed E-state index contributed by atoms with van der Waals surface area (Å²) < 4.78 is 6.66. The summed E-state index contributed by atoms with van der Waals surface area (Å²) >= 11 is 0. The van der Waals surface area contributed by atoms with Crippen molar-refractivity contribution in [2.45, 2.75) is 50.2 Å². The molecule has 0 N–H and O–H groups in total. The average molecular weight is 357 g/mol. The highest BCUT2D eigenvalue weighted by atomic mass is 16.5. The predicted molar refractivity (Wildman–Crippen MR) is 108 cm³/mol. The van der Waals surface area contributed by atoms with Crippen molar-refractivity contribution < 1.29 is 4.74 Å². The Kier molecular flexibility index (Phi) is 3.53. The van der Waals surface area contributed by atoms with Gasteiger partial charge in [0.05, 0.1) is 6.61 Å². The summed E-state index contributed by atoms with van der Waals surface area (Å²) in [6.45, 7) is 1.92. The number of ether oxygens (including phenoxy) is 1.